The number of nitrogens with one attached hydrogen (secondary N) is 1. The minimum Gasteiger partial charge on any atom is -0.492 e. The number of fused-ring (bicyclic) bond motifs is 3. The van der Waals surface area contributed by atoms with Crippen molar-refractivity contribution in [3.05, 3.63) is 58.9 Å². The summed E-state index contributed by atoms with van der Waals surface area (Å²) in [7, 11) is -2.98. The molecule has 0 spiro atoms. The molecule has 1 saturated carbocycles. The number of esters is 1. The third kappa shape index (κ3) is 4.02. The zero-order valence-electron chi connectivity index (χ0n) is 18.4. The Morgan fingerprint density at radius 3 is 2.79 bits per heavy atom. The standard InChI is InChI=1S/C24H23FN2O6S/c1-32-24(29)22-20(6-5-18-19-9-16(19)12-33-23(18)22)26-34(30,31)21-7-4-17(25)8-15(21)3-2-14-10-27(11-14)13-28/h2-8,13-14,16,19,26H,9-12H2,1H3/b3-2-. The molecule has 1 aliphatic carbocycles. The van der Waals surface area contributed by atoms with Crippen molar-refractivity contribution >= 4 is 34.2 Å². The molecular weight excluding hydrogens is 463 g/mol. The fourth-order valence-electron chi connectivity index (χ4n) is 4.53. The molecule has 0 bridgehead atoms. The molecule has 2 aliphatic heterocycles. The summed E-state index contributed by atoms with van der Waals surface area (Å²) in [6, 6.07) is 6.68. The molecule has 2 unspecified atom stereocenters. The molecule has 0 aromatic heterocycles. The minimum absolute atomic E-state index is 0.0246. The van der Waals surface area contributed by atoms with E-state index in [2.05, 4.69) is 4.72 Å². The highest BCUT2D eigenvalue weighted by molar-refractivity contribution is 7.92. The van der Waals surface area contributed by atoms with Gasteiger partial charge in [-0.2, -0.15) is 0 Å². The Hall–Kier alpha value is -3.40. The van der Waals surface area contributed by atoms with E-state index < -0.39 is 21.8 Å². The Morgan fingerprint density at radius 1 is 1.26 bits per heavy atom. The Morgan fingerprint density at radius 2 is 2.06 bits per heavy atom. The summed E-state index contributed by atoms with van der Waals surface area (Å²) in [6.45, 7) is 1.51. The molecule has 2 aromatic rings. The molecule has 5 rings (SSSR count). The second-order valence-electron chi connectivity index (χ2n) is 8.78. The van der Waals surface area contributed by atoms with E-state index in [9.17, 15) is 22.4 Å². The Balaban J connectivity index is 1.48. The lowest BCUT2D eigenvalue weighted by Gasteiger charge is -2.34. The van der Waals surface area contributed by atoms with Gasteiger partial charge < -0.3 is 14.4 Å². The van der Waals surface area contributed by atoms with Crippen molar-refractivity contribution in [3.8, 4) is 5.75 Å². The number of ether oxygens (including phenoxy) is 2. The lowest BCUT2D eigenvalue weighted by molar-refractivity contribution is -0.122. The second-order valence-corrected chi connectivity index (χ2v) is 10.4. The predicted octanol–water partition coefficient (Wildman–Crippen LogP) is 3.01. The number of benzene rings is 2. The Kier molecular flexibility index (Phi) is 5.55. The van der Waals surface area contributed by atoms with Crippen LogP contribution < -0.4 is 9.46 Å². The molecule has 2 atom stereocenters. The number of methoxy groups -OCH3 is 1. The first-order chi connectivity index (χ1) is 16.3. The number of sulfonamides is 1. The minimum atomic E-state index is -4.20. The number of carbonyl (C=O) groups is 2. The molecule has 1 amide bonds. The van der Waals surface area contributed by atoms with Crippen LogP contribution in [0.3, 0.4) is 0 Å². The zero-order valence-corrected chi connectivity index (χ0v) is 19.2. The van der Waals surface area contributed by atoms with Gasteiger partial charge in [0.1, 0.15) is 17.1 Å². The summed E-state index contributed by atoms with van der Waals surface area (Å²) in [5.41, 5.74) is 1.09. The van der Waals surface area contributed by atoms with Crippen molar-refractivity contribution in [1.29, 1.82) is 0 Å². The molecule has 2 aromatic carbocycles. The van der Waals surface area contributed by atoms with Crippen LogP contribution in [0.4, 0.5) is 10.1 Å². The maximum absolute atomic E-state index is 14.0. The third-order valence-electron chi connectivity index (χ3n) is 6.48. The molecule has 2 heterocycles. The number of hydrogen-bond acceptors (Lipinski definition) is 6. The summed E-state index contributed by atoms with van der Waals surface area (Å²) < 4.78 is 53.8. The van der Waals surface area contributed by atoms with Crippen LogP contribution in [-0.2, 0) is 19.6 Å². The smallest absolute Gasteiger partial charge is 0.343 e. The third-order valence-corrected chi connectivity index (χ3v) is 7.92. The van der Waals surface area contributed by atoms with E-state index in [0.717, 1.165) is 30.5 Å². The highest BCUT2D eigenvalue weighted by Crippen LogP contribution is 2.55. The van der Waals surface area contributed by atoms with E-state index in [1.54, 1.807) is 17.0 Å². The quantitative estimate of drug-likeness (QED) is 0.477. The van der Waals surface area contributed by atoms with Crippen molar-refractivity contribution in [2.24, 2.45) is 11.8 Å². The van der Waals surface area contributed by atoms with Crippen LogP contribution in [0.5, 0.6) is 5.75 Å². The topological polar surface area (TPSA) is 102 Å². The number of hydrogen-bond donors (Lipinski definition) is 1. The van der Waals surface area contributed by atoms with Crippen molar-refractivity contribution < 1.29 is 31.9 Å². The van der Waals surface area contributed by atoms with Crippen LogP contribution >= 0.6 is 0 Å². The van der Waals surface area contributed by atoms with Crippen molar-refractivity contribution in [2.45, 2.75) is 17.2 Å². The summed E-state index contributed by atoms with van der Waals surface area (Å²) in [5.74, 6) is -0.172. The van der Waals surface area contributed by atoms with E-state index in [-0.39, 0.29) is 27.6 Å². The number of nitrogens with zero attached hydrogens (tertiary/aromatic N) is 1. The van der Waals surface area contributed by atoms with Gasteiger partial charge in [-0.25, -0.2) is 17.6 Å². The van der Waals surface area contributed by atoms with E-state index in [4.69, 9.17) is 9.47 Å². The fourth-order valence-corrected chi connectivity index (χ4v) is 5.78. The van der Waals surface area contributed by atoms with Crippen molar-refractivity contribution in [3.63, 3.8) is 0 Å². The molecular formula is C24H23FN2O6S. The number of carbonyl (C=O) groups excluding carboxylic acids is 2. The summed E-state index contributed by atoms with van der Waals surface area (Å²) in [6.07, 6.45) is 5.01. The van der Waals surface area contributed by atoms with Gasteiger partial charge in [0, 0.05) is 24.9 Å². The van der Waals surface area contributed by atoms with Gasteiger partial charge in [0.2, 0.25) is 6.41 Å². The van der Waals surface area contributed by atoms with Gasteiger partial charge in [-0.3, -0.25) is 9.52 Å². The summed E-state index contributed by atoms with van der Waals surface area (Å²) in [5, 5.41) is 0. The monoisotopic (exact) mass is 486 g/mol. The van der Waals surface area contributed by atoms with Gasteiger partial charge in [-0.1, -0.05) is 18.2 Å². The van der Waals surface area contributed by atoms with Gasteiger partial charge in [0.05, 0.1) is 24.3 Å². The number of amides is 1. The average Bonchev–Trinajstić information content (AvgIpc) is 3.57. The largest absolute Gasteiger partial charge is 0.492 e. The van der Waals surface area contributed by atoms with Crippen LogP contribution in [0.1, 0.15) is 33.8 Å². The van der Waals surface area contributed by atoms with Gasteiger partial charge in [-0.05, 0) is 47.7 Å². The second kappa shape index (κ2) is 8.43. The normalized spacial score (nSPS) is 21.2. The number of halogens is 1. The van der Waals surface area contributed by atoms with E-state index in [0.29, 0.717) is 37.3 Å². The Bertz CT molecular complexity index is 1300. The first kappa shape index (κ1) is 22.4. The van der Waals surface area contributed by atoms with Crippen molar-refractivity contribution in [1.82, 2.24) is 4.90 Å². The van der Waals surface area contributed by atoms with Gasteiger partial charge in [-0.15, -0.1) is 0 Å². The molecule has 0 radical (unpaired) electrons. The van der Waals surface area contributed by atoms with Gasteiger partial charge in [0.25, 0.3) is 10.0 Å². The SMILES string of the molecule is COC(=O)c1c(NS(=O)(=O)c2ccc(F)cc2/C=C\C2CN(C=O)C2)ccc2c1OCC1CC21. The van der Waals surface area contributed by atoms with Crippen LogP contribution in [0.2, 0.25) is 0 Å². The summed E-state index contributed by atoms with van der Waals surface area (Å²) in [4.78, 5) is 24.8. The zero-order chi connectivity index (χ0) is 24.0. The number of likely N-dealkylation sites (tertiary alicyclic amines) is 1. The fraction of sp³-hybridized carbons (Fsp3) is 0.333. The first-order valence-electron chi connectivity index (χ1n) is 10.9. The highest BCUT2D eigenvalue weighted by atomic mass is 32.2. The molecule has 8 nitrogen and oxygen atoms in total. The molecule has 2 fully saturated rings. The van der Waals surface area contributed by atoms with E-state index in [1.807, 2.05) is 0 Å². The molecule has 3 aliphatic rings. The molecule has 1 N–H and O–H groups in total. The Labute approximate surface area is 196 Å². The van der Waals surface area contributed by atoms with Crippen LogP contribution in [0.25, 0.3) is 6.08 Å². The van der Waals surface area contributed by atoms with Crippen LogP contribution in [0, 0.1) is 17.7 Å². The predicted molar refractivity (Wildman–Crippen MR) is 121 cm³/mol. The highest BCUT2D eigenvalue weighted by Gasteiger charge is 2.45. The molecule has 34 heavy (non-hydrogen) atoms. The van der Waals surface area contributed by atoms with Gasteiger partial charge in [0.15, 0.2) is 0 Å². The number of rotatable bonds is 7. The molecule has 178 valence electrons. The van der Waals surface area contributed by atoms with Gasteiger partial charge >= 0.3 is 5.97 Å². The maximum atomic E-state index is 14.0. The lowest BCUT2D eigenvalue weighted by Crippen LogP contribution is -2.44. The van der Waals surface area contributed by atoms with Crippen LogP contribution in [-0.4, -0.2) is 52.5 Å². The van der Waals surface area contributed by atoms with Crippen LogP contribution in [0.15, 0.2) is 41.3 Å². The summed E-state index contributed by atoms with van der Waals surface area (Å²) >= 11 is 0. The number of anilines is 1. The molecule has 1 saturated heterocycles. The average molecular weight is 487 g/mol. The van der Waals surface area contributed by atoms with Crippen molar-refractivity contribution in [2.75, 3.05) is 31.5 Å². The van der Waals surface area contributed by atoms with E-state index >= 15 is 0 Å². The van der Waals surface area contributed by atoms with E-state index in [1.165, 1.54) is 25.3 Å². The maximum Gasteiger partial charge on any atom is 0.343 e. The lowest BCUT2D eigenvalue weighted by atomic mass is 9.99. The molecule has 10 heteroatoms. The first-order valence-corrected chi connectivity index (χ1v) is 12.4.